The van der Waals surface area contributed by atoms with Crippen molar-refractivity contribution in [2.75, 3.05) is 13.2 Å². The van der Waals surface area contributed by atoms with Crippen LogP contribution in [0.3, 0.4) is 0 Å². The maximum Gasteiger partial charge on any atom is 0.243 e. The van der Waals surface area contributed by atoms with Crippen molar-refractivity contribution >= 4 is 22.7 Å². The fourth-order valence-corrected chi connectivity index (χ4v) is 3.68. The summed E-state index contributed by atoms with van der Waals surface area (Å²) in [6.45, 7) is 8.42. The van der Waals surface area contributed by atoms with Gasteiger partial charge in [0.1, 0.15) is 18.4 Å². The third-order valence-corrected chi connectivity index (χ3v) is 5.24. The highest BCUT2D eigenvalue weighted by Gasteiger charge is 2.21. The molecule has 2 aromatic carbocycles. The highest BCUT2D eigenvalue weighted by molar-refractivity contribution is 5.89. The summed E-state index contributed by atoms with van der Waals surface area (Å²) in [7, 11) is 0. The highest BCUT2D eigenvalue weighted by Crippen LogP contribution is 2.27. The minimum absolute atomic E-state index is 0.225. The Hall–Kier alpha value is -3.28. The van der Waals surface area contributed by atoms with Crippen LogP contribution in [0.25, 0.3) is 10.9 Å². The summed E-state index contributed by atoms with van der Waals surface area (Å²) in [5, 5.41) is 6.71. The average molecular weight is 422 g/mol. The zero-order chi connectivity index (χ0) is 22.4. The molecule has 0 radical (unpaired) electrons. The van der Waals surface area contributed by atoms with Crippen LogP contribution in [0.4, 0.5) is 0 Å². The monoisotopic (exact) mass is 421 g/mol. The molecule has 3 N–H and O–H groups in total. The van der Waals surface area contributed by atoms with E-state index < -0.39 is 6.04 Å². The van der Waals surface area contributed by atoms with Crippen molar-refractivity contribution in [1.82, 2.24) is 15.6 Å². The van der Waals surface area contributed by atoms with Crippen LogP contribution in [0.5, 0.6) is 5.75 Å². The van der Waals surface area contributed by atoms with E-state index in [2.05, 4.69) is 41.6 Å². The third kappa shape index (κ3) is 5.87. The second-order valence-corrected chi connectivity index (χ2v) is 8.15. The lowest BCUT2D eigenvalue weighted by atomic mass is 10.0. The first-order chi connectivity index (χ1) is 14.8. The van der Waals surface area contributed by atoms with Gasteiger partial charge in [0.05, 0.1) is 6.54 Å². The number of fused-ring (bicyclic) bond motifs is 1. The predicted octanol–water partition coefficient (Wildman–Crippen LogP) is 3.84. The molecule has 0 spiro atoms. The second kappa shape index (κ2) is 10.2. The number of carbonyl (C=O) groups is 2. The van der Waals surface area contributed by atoms with Gasteiger partial charge >= 0.3 is 0 Å². The molecule has 0 aliphatic carbocycles. The van der Waals surface area contributed by atoms with Gasteiger partial charge in [-0.2, -0.15) is 0 Å². The van der Waals surface area contributed by atoms with Crippen LogP contribution in [0.2, 0.25) is 0 Å². The molecule has 0 bridgehead atoms. The van der Waals surface area contributed by atoms with Gasteiger partial charge in [-0.25, -0.2) is 0 Å². The van der Waals surface area contributed by atoms with Crippen molar-refractivity contribution in [2.24, 2.45) is 0 Å². The van der Waals surface area contributed by atoms with Crippen LogP contribution < -0.4 is 15.4 Å². The average Bonchev–Trinajstić information content (AvgIpc) is 3.13. The fourth-order valence-electron chi connectivity index (χ4n) is 3.68. The lowest BCUT2D eigenvalue weighted by Crippen LogP contribution is -2.48. The van der Waals surface area contributed by atoms with Crippen LogP contribution in [-0.2, 0) is 16.0 Å². The molecule has 0 fully saturated rings. The number of nitrogens with one attached hydrogen (secondary N) is 3. The topological polar surface area (TPSA) is 83.2 Å². The number of amides is 2. The van der Waals surface area contributed by atoms with E-state index in [1.54, 1.807) is 0 Å². The van der Waals surface area contributed by atoms with Gasteiger partial charge in [0.25, 0.3) is 0 Å². The Labute approximate surface area is 183 Å². The van der Waals surface area contributed by atoms with Crippen molar-refractivity contribution in [2.45, 2.75) is 46.1 Å². The van der Waals surface area contributed by atoms with E-state index in [1.165, 1.54) is 6.92 Å². The first-order valence-corrected chi connectivity index (χ1v) is 10.7. The Morgan fingerprint density at radius 1 is 1.13 bits per heavy atom. The van der Waals surface area contributed by atoms with Gasteiger partial charge in [-0.3, -0.25) is 9.59 Å². The van der Waals surface area contributed by atoms with Crippen molar-refractivity contribution in [1.29, 1.82) is 0 Å². The van der Waals surface area contributed by atoms with E-state index in [0.717, 1.165) is 33.3 Å². The Bertz CT molecular complexity index is 1060. The standard InChI is InChI=1S/C25H31N3O3/c1-16(2)20-10-9-17(3)13-24(20)31-12-11-26-25(30)23(28-18(4)29)14-19-15-27-22-8-6-5-7-21(19)22/h5-10,13,15-16,23,27H,11-12,14H2,1-4H3,(H,26,30)(H,28,29)/t23-/m1/s1. The zero-order valence-electron chi connectivity index (χ0n) is 18.6. The van der Waals surface area contributed by atoms with Crippen molar-refractivity contribution in [3.8, 4) is 5.75 Å². The summed E-state index contributed by atoms with van der Waals surface area (Å²) in [5.74, 6) is 0.738. The summed E-state index contributed by atoms with van der Waals surface area (Å²) in [4.78, 5) is 27.7. The maximum absolute atomic E-state index is 12.8. The third-order valence-electron chi connectivity index (χ3n) is 5.24. The van der Waals surface area contributed by atoms with Gasteiger partial charge < -0.3 is 20.4 Å². The Balaban J connectivity index is 1.60. The van der Waals surface area contributed by atoms with Crippen molar-refractivity contribution in [3.05, 3.63) is 65.4 Å². The Morgan fingerprint density at radius 2 is 1.90 bits per heavy atom. The molecule has 3 rings (SSSR count). The second-order valence-electron chi connectivity index (χ2n) is 8.15. The summed E-state index contributed by atoms with van der Waals surface area (Å²) in [6.07, 6.45) is 2.30. The molecule has 0 aliphatic rings. The number of hydrogen-bond donors (Lipinski definition) is 3. The first-order valence-electron chi connectivity index (χ1n) is 10.7. The van der Waals surface area contributed by atoms with E-state index in [4.69, 9.17) is 4.74 Å². The molecule has 1 aromatic heterocycles. The molecule has 0 saturated heterocycles. The van der Waals surface area contributed by atoms with Crippen LogP contribution >= 0.6 is 0 Å². The number of aromatic nitrogens is 1. The van der Waals surface area contributed by atoms with E-state index in [1.807, 2.05) is 43.5 Å². The molecule has 0 unspecified atom stereocenters. The number of rotatable bonds is 9. The van der Waals surface area contributed by atoms with Gasteiger partial charge in [-0.1, -0.05) is 44.2 Å². The Morgan fingerprint density at radius 3 is 2.65 bits per heavy atom. The molecule has 1 heterocycles. The minimum Gasteiger partial charge on any atom is -0.491 e. The number of aryl methyl sites for hydroxylation is 1. The van der Waals surface area contributed by atoms with Gasteiger partial charge in [-0.05, 0) is 41.7 Å². The lowest BCUT2D eigenvalue weighted by Gasteiger charge is -2.18. The molecule has 3 aromatic rings. The predicted molar refractivity (Wildman–Crippen MR) is 123 cm³/mol. The number of para-hydroxylation sites is 1. The largest absolute Gasteiger partial charge is 0.491 e. The van der Waals surface area contributed by atoms with E-state index >= 15 is 0 Å². The lowest BCUT2D eigenvalue weighted by molar-refractivity contribution is -0.128. The molecule has 31 heavy (non-hydrogen) atoms. The first kappa shape index (κ1) is 22.4. The maximum atomic E-state index is 12.8. The summed E-state index contributed by atoms with van der Waals surface area (Å²) < 4.78 is 5.95. The SMILES string of the molecule is CC(=O)N[C@H](Cc1c[nH]c2ccccc12)C(=O)NCCOc1cc(C)ccc1C(C)C. The smallest absolute Gasteiger partial charge is 0.243 e. The quantitative estimate of drug-likeness (QED) is 0.459. The van der Waals surface area contributed by atoms with E-state index in [0.29, 0.717) is 25.5 Å². The van der Waals surface area contributed by atoms with Gasteiger partial charge in [-0.15, -0.1) is 0 Å². The summed E-state index contributed by atoms with van der Waals surface area (Å²) in [5.41, 5.74) is 4.27. The van der Waals surface area contributed by atoms with Crippen LogP contribution in [0.1, 0.15) is 43.4 Å². The number of benzene rings is 2. The molecule has 164 valence electrons. The van der Waals surface area contributed by atoms with E-state index in [-0.39, 0.29) is 11.8 Å². The van der Waals surface area contributed by atoms with Crippen molar-refractivity contribution in [3.63, 3.8) is 0 Å². The number of aromatic amines is 1. The minimum atomic E-state index is -0.651. The van der Waals surface area contributed by atoms with Crippen molar-refractivity contribution < 1.29 is 14.3 Å². The number of hydrogen-bond acceptors (Lipinski definition) is 3. The molecule has 1 atom stereocenters. The van der Waals surface area contributed by atoms with Gasteiger partial charge in [0.15, 0.2) is 0 Å². The van der Waals surface area contributed by atoms with Crippen LogP contribution in [-0.4, -0.2) is 36.0 Å². The Kier molecular flexibility index (Phi) is 7.34. The van der Waals surface area contributed by atoms with Crippen LogP contribution in [0, 0.1) is 6.92 Å². The number of carbonyl (C=O) groups excluding carboxylic acids is 2. The molecular weight excluding hydrogens is 390 g/mol. The fraction of sp³-hybridized carbons (Fsp3) is 0.360. The van der Waals surface area contributed by atoms with Gasteiger partial charge in [0, 0.05) is 30.4 Å². The molecular formula is C25H31N3O3. The number of ether oxygens (including phenoxy) is 1. The molecule has 6 nitrogen and oxygen atoms in total. The van der Waals surface area contributed by atoms with E-state index in [9.17, 15) is 9.59 Å². The zero-order valence-corrected chi connectivity index (χ0v) is 18.6. The molecule has 2 amide bonds. The molecule has 0 saturated carbocycles. The highest BCUT2D eigenvalue weighted by atomic mass is 16.5. The summed E-state index contributed by atoms with van der Waals surface area (Å²) >= 11 is 0. The number of H-pyrrole nitrogens is 1. The molecule has 0 aliphatic heterocycles. The normalized spacial score (nSPS) is 12.0. The van der Waals surface area contributed by atoms with Crippen LogP contribution in [0.15, 0.2) is 48.7 Å². The molecule has 6 heteroatoms. The summed E-state index contributed by atoms with van der Waals surface area (Å²) in [6, 6.07) is 13.4. The van der Waals surface area contributed by atoms with Gasteiger partial charge in [0.2, 0.25) is 11.8 Å².